The minimum absolute atomic E-state index is 0.0456. The second-order valence-electron chi connectivity index (χ2n) is 4.89. The summed E-state index contributed by atoms with van der Waals surface area (Å²) < 4.78 is 6.06. The molecule has 1 amide bonds. The molecule has 2 heterocycles. The Morgan fingerprint density at radius 3 is 3.14 bits per heavy atom. The molecule has 1 saturated carbocycles. The fourth-order valence-corrected chi connectivity index (χ4v) is 3.39. The van der Waals surface area contributed by atoms with Gasteiger partial charge in [-0.3, -0.25) is 4.79 Å². The lowest BCUT2D eigenvalue weighted by Crippen LogP contribution is -2.27. The highest BCUT2D eigenvalue weighted by Crippen LogP contribution is 2.30. The van der Waals surface area contributed by atoms with Crippen molar-refractivity contribution in [2.24, 2.45) is 0 Å². The van der Waals surface area contributed by atoms with Crippen LogP contribution in [0.25, 0.3) is 0 Å². The van der Waals surface area contributed by atoms with Crippen LogP contribution in [0.5, 0.6) is 0 Å². The largest absolute Gasteiger partial charge is 0.467 e. The van der Waals surface area contributed by atoms with Gasteiger partial charge in [0.1, 0.15) is 5.76 Å². The lowest BCUT2D eigenvalue weighted by molar-refractivity contribution is -0.119. The van der Waals surface area contributed by atoms with Crippen molar-refractivity contribution in [1.29, 1.82) is 0 Å². The minimum atomic E-state index is -0.130. The van der Waals surface area contributed by atoms with Gasteiger partial charge in [0, 0.05) is 6.04 Å². The highest BCUT2D eigenvalue weighted by atomic mass is 32.2. The zero-order valence-corrected chi connectivity index (χ0v) is 13.2. The van der Waals surface area contributed by atoms with Crippen molar-refractivity contribution < 1.29 is 9.21 Å². The van der Waals surface area contributed by atoms with E-state index in [1.165, 1.54) is 35.9 Å². The summed E-state index contributed by atoms with van der Waals surface area (Å²) in [5, 5.41) is 15.2. The number of anilines is 1. The van der Waals surface area contributed by atoms with E-state index >= 15 is 0 Å². The first kappa shape index (κ1) is 14.4. The standard InChI is InChI=1S/C13H16N4O2S2/c1-8(10-3-2-6-19-10)14-11(18)7-20-13-17-16-12(21-13)15-9-4-5-9/h2-3,6,8-9H,4-5,7H2,1H3,(H,14,18)(H,15,16)/t8-/m0/s1. The fourth-order valence-electron chi connectivity index (χ4n) is 1.75. The van der Waals surface area contributed by atoms with Crippen LogP contribution in [0.15, 0.2) is 27.2 Å². The first-order valence-corrected chi connectivity index (χ1v) is 8.56. The Labute approximate surface area is 130 Å². The normalized spacial score (nSPS) is 15.7. The summed E-state index contributed by atoms with van der Waals surface area (Å²) in [6, 6.07) is 4.09. The molecule has 1 aliphatic carbocycles. The maximum atomic E-state index is 11.9. The molecular weight excluding hydrogens is 308 g/mol. The van der Waals surface area contributed by atoms with Gasteiger partial charge in [-0.15, -0.1) is 10.2 Å². The number of hydrogen-bond acceptors (Lipinski definition) is 7. The highest BCUT2D eigenvalue weighted by molar-refractivity contribution is 8.01. The van der Waals surface area contributed by atoms with Crippen molar-refractivity contribution >= 4 is 34.1 Å². The summed E-state index contributed by atoms with van der Waals surface area (Å²) in [4.78, 5) is 11.9. The maximum Gasteiger partial charge on any atom is 0.231 e. The molecule has 0 aliphatic heterocycles. The van der Waals surface area contributed by atoms with Crippen molar-refractivity contribution in [1.82, 2.24) is 15.5 Å². The first-order valence-electron chi connectivity index (χ1n) is 6.76. The van der Waals surface area contributed by atoms with Crippen molar-refractivity contribution in [3.05, 3.63) is 24.2 Å². The monoisotopic (exact) mass is 324 g/mol. The van der Waals surface area contributed by atoms with Gasteiger partial charge in [-0.2, -0.15) is 0 Å². The van der Waals surface area contributed by atoms with Crippen molar-refractivity contribution in [2.75, 3.05) is 11.1 Å². The fraction of sp³-hybridized carbons (Fsp3) is 0.462. The van der Waals surface area contributed by atoms with E-state index < -0.39 is 0 Å². The molecule has 0 unspecified atom stereocenters. The number of nitrogens with zero attached hydrogens (tertiary/aromatic N) is 2. The molecule has 3 rings (SSSR count). The average molecular weight is 324 g/mol. The van der Waals surface area contributed by atoms with Gasteiger partial charge in [0.05, 0.1) is 18.1 Å². The molecule has 1 fully saturated rings. The molecule has 6 nitrogen and oxygen atoms in total. The Hall–Kier alpha value is -1.54. The molecule has 2 aromatic heterocycles. The highest BCUT2D eigenvalue weighted by Gasteiger charge is 2.22. The number of carbonyl (C=O) groups is 1. The second-order valence-corrected chi connectivity index (χ2v) is 7.09. The predicted octanol–water partition coefficient (Wildman–Crippen LogP) is 2.67. The zero-order chi connectivity index (χ0) is 14.7. The van der Waals surface area contributed by atoms with Crippen molar-refractivity contribution in [3.63, 3.8) is 0 Å². The molecule has 0 bridgehead atoms. The SMILES string of the molecule is C[C@H](NC(=O)CSc1nnc(NC2CC2)s1)c1ccco1. The van der Waals surface area contributed by atoms with Crippen LogP contribution in [0.4, 0.5) is 5.13 Å². The maximum absolute atomic E-state index is 11.9. The lowest BCUT2D eigenvalue weighted by Gasteiger charge is -2.10. The third-order valence-corrected chi connectivity index (χ3v) is 4.97. The van der Waals surface area contributed by atoms with Gasteiger partial charge < -0.3 is 15.1 Å². The summed E-state index contributed by atoms with van der Waals surface area (Å²) in [5.74, 6) is 1.03. The van der Waals surface area contributed by atoms with Gasteiger partial charge in [0.2, 0.25) is 11.0 Å². The summed E-state index contributed by atoms with van der Waals surface area (Å²) in [5.41, 5.74) is 0. The van der Waals surface area contributed by atoms with Crippen LogP contribution in [0.3, 0.4) is 0 Å². The summed E-state index contributed by atoms with van der Waals surface area (Å²) >= 11 is 2.89. The molecule has 0 saturated heterocycles. The van der Waals surface area contributed by atoms with E-state index in [1.807, 2.05) is 19.1 Å². The quantitative estimate of drug-likeness (QED) is 0.762. The first-order chi connectivity index (χ1) is 10.2. The van der Waals surface area contributed by atoms with Crippen LogP contribution in [-0.4, -0.2) is 27.9 Å². The smallest absolute Gasteiger partial charge is 0.231 e. The van der Waals surface area contributed by atoms with Crippen LogP contribution in [0, 0.1) is 0 Å². The van der Waals surface area contributed by atoms with E-state index in [9.17, 15) is 4.79 Å². The third kappa shape index (κ3) is 4.21. The number of carbonyl (C=O) groups excluding carboxylic acids is 1. The number of amides is 1. The minimum Gasteiger partial charge on any atom is -0.467 e. The average Bonchev–Trinajstić information content (AvgIpc) is 2.95. The number of aromatic nitrogens is 2. The van der Waals surface area contributed by atoms with Crippen LogP contribution in [-0.2, 0) is 4.79 Å². The van der Waals surface area contributed by atoms with E-state index in [0.29, 0.717) is 11.8 Å². The van der Waals surface area contributed by atoms with Crippen LogP contribution in [0.2, 0.25) is 0 Å². The van der Waals surface area contributed by atoms with Gasteiger partial charge in [-0.1, -0.05) is 23.1 Å². The predicted molar refractivity (Wildman–Crippen MR) is 82.5 cm³/mol. The molecule has 2 N–H and O–H groups in total. The summed E-state index contributed by atoms with van der Waals surface area (Å²) in [6.07, 6.45) is 4.01. The molecule has 1 aliphatic rings. The molecule has 0 spiro atoms. The molecule has 21 heavy (non-hydrogen) atoms. The Morgan fingerprint density at radius 2 is 2.43 bits per heavy atom. The summed E-state index contributed by atoms with van der Waals surface area (Å²) in [6.45, 7) is 1.89. The number of hydrogen-bond donors (Lipinski definition) is 2. The zero-order valence-electron chi connectivity index (χ0n) is 11.5. The molecular formula is C13H16N4O2S2. The number of rotatable bonds is 7. The molecule has 1 atom stereocenters. The molecule has 112 valence electrons. The molecule has 0 radical (unpaired) electrons. The molecule has 0 aromatic carbocycles. The van der Waals surface area contributed by atoms with E-state index in [4.69, 9.17) is 4.42 Å². The van der Waals surface area contributed by atoms with Gasteiger partial charge >= 0.3 is 0 Å². The Balaban J connectivity index is 1.43. The van der Waals surface area contributed by atoms with Crippen molar-refractivity contribution in [3.8, 4) is 0 Å². The van der Waals surface area contributed by atoms with Crippen LogP contribution >= 0.6 is 23.1 Å². The topological polar surface area (TPSA) is 80.0 Å². The van der Waals surface area contributed by atoms with E-state index in [2.05, 4.69) is 20.8 Å². The van der Waals surface area contributed by atoms with Gasteiger partial charge in [-0.25, -0.2) is 0 Å². The van der Waals surface area contributed by atoms with Crippen LogP contribution < -0.4 is 10.6 Å². The second kappa shape index (κ2) is 6.48. The lowest BCUT2D eigenvalue weighted by atomic mass is 10.2. The number of furan rings is 1. The molecule has 2 aromatic rings. The molecule has 8 heteroatoms. The third-order valence-electron chi connectivity index (χ3n) is 2.99. The van der Waals surface area contributed by atoms with Crippen LogP contribution in [0.1, 0.15) is 31.6 Å². The Bertz CT molecular complexity index is 595. The van der Waals surface area contributed by atoms with E-state index in [0.717, 1.165) is 15.2 Å². The van der Waals surface area contributed by atoms with E-state index in [1.54, 1.807) is 6.26 Å². The van der Waals surface area contributed by atoms with Gasteiger partial charge in [-0.05, 0) is 31.9 Å². The van der Waals surface area contributed by atoms with Crippen molar-refractivity contribution in [2.45, 2.75) is 36.2 Å². The number of thioether (sulfide) groups is 1. The number of nitrogens with one attached hydrogen (secondary N) is 2. The Morgan fingerprint density at radius 1 is 1.57 bits per heavy atom. The van der Waals surface area contributed by atoms with E-state index in [-0.39, 0.29) is 11.9 Å². The summed E-state index contributed by atoms with van der Waals surface area (Å²) in [7, 11) is 0. The van der Waals surface area contributed by atoms with Gasteiger partial charge in [0.15, 0.2) is 4.34 Å². The Kier molecular flexibility index (Phi) is 4.45. The van der Waals surface area contributed by atoms with Gasteiger partial charge in [0.25, 0.3) is 0 Å².